The van der Waals surface area contributed by atoms with E-state index in [0.717, 1.165) is 6.07 Å². The molecule has 88 valence electrons. The Morgan fingerprint density at radius 3 is 2.31 bits per heavy atom. The van der Waals surface area contributed by atoms with Gasteiger partial charge in [0.25, 0.3) is 10.1 Å². The third-order valence-corrected chi connectivity index (χ3v) is 2.90. The molecule has 0 amide bonds. The highest BCUT2D eigenvalue weighted by atomic mass is 32.2. The summed E-state index contributed by atoms with van der Waals surface area (Å²) in [6.07, 6.45) is 0.246. The van der Waals surface area contributed by atoms with Gasteiger partial charge in [0.15, 0.2) is 0 Å². The molecule has 0 radical (unpaired) electrons. The first-order valence-electron chi connectivity index (χ1n) is 4.34. The molecule has 0 heterocycles. The van der Waals surface area contributed by atoms with Gasteiger partial charge in [-0.05, 0) is 24.1 Å². The average molecular weight is 246 g/mol. The van der Waals surface area contributed by atoms with Crippen molar-refractivity contribution in [1.82, 2.24) is 0 Å². The van der Waals surface area contributed by atoms with Gasteiger partial charge in [-0.1, -0.05) is 6.92 Å². The van der Waals surface area contributed by atoms with Crippen LogP contribution in [0.5, 0.6) is 5.75 Å². The molecule has 0 aliphatic heterocycles. The molecule has 0 aromatic heterocycles. The summed E-state index contributed by atoms with van der Waals surface area (Å²) in [5, 5.41) is 18.2. The summed E-state index contributed by atoms with van der Waals surface area (Å²) in [4.78, 5) is 10.2. The molecule has 0 atom stereocenters. The van der Waals surface area contributed by atoms with Gasteiger partial charge >= 0.3 is 5.97 Å². The van der Waals surface area contributed by atoms with Crippen molar-refractivity contribution in [2.45, 2.75) is 18.2 Å². The lowest BCUT2D eigenvalue weighted by molar-refractivity contribution is 0.0693. The minimum absolute atomic E-state index is 0.146. The number of rotatable bonds is 3. The van der Waals surface area contributed by atoms with Crippen LogP contribution < -0.4 is 0 Å². The van der Waals surface area contributed by atoms with Crippen molar-refractivity contribution in [3.8, 4) is 5.75 Å². The Kier molecular flexibility index (Phi) is 3.20. The van der Waals surface area contributed by atoms with Gasteiger partial charge in [-0.25, -0.2) is 4.79 Å². The van der Waals surface area contributed by atoms with Crippen molar-refractivity contribution in [3.05, 3.63) is 23.3 Å². The molecule has 16 heavy (non-hydrogen) atoms. The van der Waals surface area contributed by atoms with Crippen molar-refractivity contribution < 1.29 is 28.0 Å². The van der Waals surface area contributed by atoms with Gasteiger partial charge in [-0.15, -0.1) is 0 Å². The van der Waals surface area contributed by atoms with E-state index in [1.165, 1.54) is 0 Å². The highest BCUT2D eigenvalue weighted by Crippen LogP contribution is 2.27. The molecule has 0 unspecified atom stereocenters. The Hall–Kier alpha value is -1.60. The predicted molar refractivity (Wildman–Crippen MR) is 54.3 cm³/mol. The highest BCUT2D eigenvalue weighted by Gasteiger charge is 2.19. The van der Waals surface area contributed by atoms with Crippen molar-refractivity contribution >= 4 is 16.1 Å². The van der Waals surface area contributed by atoms with Crippen LogP contribution in [-0.2, 0) is 16.5 Å². The number of hydrogen-bond donors (Lipinski definition) is 3. The molecule has 0 saturated heterocycles. The number of aromatic carboxylic acids is 1. The minimum atomic E-state index is -4.48. The molecule has 0 aliphatic rings. The summed E-state index contributed by atoms with van der Waals surface area (Å²) < 4.78 is 30.5. The van der Waals surface area contributed by atoms with Gasteiger partial charge in [0.2, 0.25) is 0 Å². The number of hydrogen-bond acceptors (Lipinski definition) is 4. The summed E-state index contributed by atoms with van der Waals surface area (Å²) in [5.41, 5.74) is -0.403. The first kappa shape index (κ1) is 12.5. The second-order valence-corrected chi connectivity index (χ2v) is 4.53. The van der Waals surface area contributed by atoms with E-state index in [1.54, 1.807) is 6.92 Å². The Morgan fingerprint density at radius 2 is 1.94 bits per heavy atom. The van der Waals surface area contributed by atoms with Crippen LogP contribution >= 0.6 is 0 Å². The first-order valence-corrected chi connectivity index (χ1v) is 5.78. The predicted octanol–water partition coefficient (Wildman–Crippen LogP) is 0.899. The lowest BCUT2D eigenvalue weighted by atomic mass is 10.1. The second kappa shape index (κ2) is 4.11. The van der Waals surface area contributed by atoms with Crippen LogP contribution in [0.15, 0.2) is 17.0 Å². The average Bonchev–Trinajstić information content (AvgIpc) is 2.15. The van der Waals surface area contributed by atoms with Crippen LogP contribution in [0, 0.1) is 0 Å². The van der Waals surface area contributed by atoms with E-state index in [0.29, 0.717) is 6.07 Å². The summed E-state index contributed by atoms with van der Waals surface area (Å²) in [7, 11) is -4.48. The van der Waals surface area contributed by atoms with Crippen LogP contribution in [-0.4, -0.2) is 29.2 Å². The number of benzene rings is 1. The van der Waals surface area contributed by atoms with Crippen LogP contribution in [0.2, 0.25) is 0 Å². The summed E-state index contributed by atoms with van der Waals surface area (Å²) in [6, 6.07) is 1.75. The van der Waals surface area contributed by atoms with Crippen molar-refractivity contribution in [3.63, 3.8) is 0 Å². The largest absolute Gasteiger partial charge is 0.507 e. The van der Waals surface area contributed by atoms with E-state index in [2.05, 4.69) is 0 Å². The van der Waals surface area contributed by atoms with Crippen LogP contribution in [0.4, 0.5) is 0 Å². The fraction of sp³-hybridized carbons (Fsp3) is 0.222. The zero-order valence-corrected chi connectivity index (χ0v) is 9.15. The van der Waals surface area contributed by atoms with E-state index in [1.807, 2.05) is 0 Å². The first-order chi connectivity index (χ1) is 7.27. The minimum Gasteiger partial charge on any atom is -0.507 e. The Labute approximate surface area is 91.9 Å². The zero-order valence-electron chi connectivity index (χ0n) is 8.34. The third-order valence-electron chi connectivity index (χ3n) is 2.07. The van der Waals surface area contributed by atoms with Crippen molar-refractivity contribution in [2.75, 3.05) is 0 Å². The highest BCUT2D eigenvalue weighted by molar-refractivity contribution is 7.85. The molecule has 0 spiro atoms. The maximum Gasteiger partial charge on any atom is 0.339 e. The lowest BCUT2D eigenvalue weighted by Gasteiger charge is -2.07. The van der Waals surface area contributed by atoms with Crippen LogP contribution in [0.25, 0.3) is 0 Å². The number of aryl methyl sites for hydroxylation is 1. The molecule has 0 fully saturated rings. The maximum absolute atomic E-state index is 10.9. The van der Waals surface area contributed by atoms with E-state index in [9.17, 15) is 18.3 Å². The molecular formula is C9H10O6S. The number of carbonyl (C=O) groups is 1. The molecule has 0 aliphatic carbocycles. The number of carboxylic acid groups (broad SMARTS) is 1. The Bertz CT molecular complexity index is 531. The molecule has 3 N–H and O–H groups in total. The van der Waals surface area contributed by atoms with E-state index in [-0.39, 0.29) is 12.0 Å². The van der Waals surface area contributed by atoms with Crippen molar-refractivity contribution in [2.24, 2.45) is 0 Å². The van der Waals surface area contributed by atoms with Crippen LogP contribution in [0.1, 0.15) is 22.8 Å². The summed E-state index contributed by atoms with van der Waals surface area (Å²) in [6.45, 7) is 1.62. The van der Waals surface area contributed by atoms with E-state index in [4.69, 9.17) is 9.66 Å². The molecule has 1 aromatic carbocycles. The van der Waals surface area contributed by atoms with Gasteiger partial charge < -0.3 is 10.2 Å². The maximum atomic E-state index is 10.9. The Balaban J connectivity index is 3.59. The monoisotopic (exact) mass is 246 g/mol. The molecule has 1 rings (SSSR count). The SMILES string of the molecule is CCc1cc(S(=O)(=O)O)cc(C(=O)O)c1O. The quantitative estimate of drug-likeness (QED) is 0.683. The van der Waals surface area contributed by atoms with Gasteiger partial charge in [0.05, 0.1) is 4.90 Å². The topological polar surface area (TPSA) is 112 Å². The standard InChI is InChI=1S/C9H10O6S/c1-2-5-3-6(16(13,14)15)4-7(8(5)10)9(11)12/h3-4,10H,2H2,1H3,(H,11,12)(H,13,14,15). The molecule has 7 heteroatoms. The van der Waals surface area contributed by atoms with Gasteiger partial charge in [0.1, 0.15) is 11.3 Å². The smallest absolute Gasteiger partial charge is 0.339 e. The summed E-state index contributed by atoms with van der Waals surface area (Å²) >= 11 is 0. The van der Waals surface area contributed by atoms with E-state index >= 15 is 0 Å². The van der Waals surface area contributed by atoms with E-state index < -0.39 is 32.3 Å². The van der Waals surface area contributed by atoms with Crippen LogP contribution in [0.3, 0.4) is 0 Å². The molecule has 0 saturated carbocycles. The van der Waals surface area contributed by atoms with Crippen molar-refractivity contribution in [1.29, 1.82) is 0 Å². The fourth-order valence-electron chi connectivity index (χ4n) is 1.25. The fourth-order valence-corrected chi connectivity index (χ4v) is 1.80. The number of phenols is 1. The third kappa shape index (κ3) is 2.31. The zero-order chi connectivity index (χ0) is 12.5. The molecule has 1 aromatic rings. The Morgan fingerprint density at radius 1 is 1.38 bits per heavy atom. The van der Waals surface area contributed by atoms with Gasteiger partial charge in [0, 0.05) is 0 Å². The second-order valence-electron chi connectivity index (χ2n) is 3.11. The molecule has 6 nitrogen and oxygen atoms in total. The lowest BCUT2D eigenvalue weighted by Crippen LogP contribution is -2.05. The number of carboxylic acids is 1. The van der Waals surface area contributed by atoms with Gasteiger partial charge in [-0.3, -0.25) is 4.55 Å². The number of aromatic hydroxyl groups is 1. The molecular weight excluding hydrogens is 236 g/mol. The normalized spacial score (nSPS) is 11.4. The van der Waals surface area contributed by atoms with Gasteiger partial charge in [-0.2, -0.15) is 8.42 Å². The molecule has 0 bridgehead atoms. The summed E-state index contributed by atoms with van der Waals surface area (Å²) in [5.74, 6) is -1.94.